The zero-order valence-corrected chi connectivity index (χ0v) is 15.3. The summed E-state index contributed by atoms with van der Waals surface area (Å²) in [6.45, 7) is 0. The van der Waals surface area contributed by atoms with Gasteiger partial charge in [0.1, 0.15) is 0 Å². The molecule has 0 radical (unpaired) electrons. The number of fused-ring (bicyclic) bond motifs is 3. The number of anilines is 1. The van der Waals surface area contributed by atoms with Gasteiger partial charge in [0, 0.05) is 5.02 Å². The second-order valence-electron chi connectivity index (χ2n) is 8.26. The van der Waals surface area contributed by atoms with Crippen molar-refractivity contribution in [3.8, 4) is 0 Å². The molecule has 0 unspecified atom stereocenters. The minimum absolute atomic E-state index is 0.0396. The van der Waals surface area contributed by atoms with Crippen molar-refractivity contribution < 1.29 is 9.59 Å². The van der Waals surface area contributed by atoms with Crippen LogP contribution in [0.1, 0.15) is 17.9 Å². The number of rotatable bonds is 2. The van der Waals surface area contributed by atoms with Crippen molar-refractivity contribution in [1.82, 2.24) is 0 Å². The van der Waals surface area contributed by atoms with Crippen LogP contribution < -0.4 is 4.90 Å². The molecule has 2 saturated carbocycles. The van der Waals surface area contributed by atoms with Crippen LogP contribution in [0.2, 0.25) is 5.02 Å². The second kappa shape index (κ2) is 5.11. The lowest BCUT2D eigenvalue weighted by molar-refractivity contribution is -0.123. The van der Waals surface area contributed by atoms with E-state index in [0.29, 0.717) is 16.6 Å². The lowest BCUT2D eigenvalue weighted by atomic mass is 9.85. The van der Waals surface area contributed by atoms with Crippen molar-refractivity contribution in [2.45, 2.75) is 12.3 Å². The zero-order valence-electron chi connectivity index (χ0n) is 14.6. The van der Waals surface area contributed by atoms with Gasteiger partial charge in [-0.2, -0.15) is 0 Å². The highest BCUT2D eigenvalue weighted by molar-refractivity contribution is 6.30. The molecule has 134 valence electrons. The summed E-state index contributed by atoms with van der Waals surface area (Å²) in [6, 6.07) is 17.5. The molecule has 3 aliphatic carbocycles. The van der Waals surface area contributed by atoms with Crippen LogP contribution in [-0.2, 0) is 9.59 Å². The highest BCUT2D eigenvalue weighted by Gasteiger charge is 2.77. The predicted octanol–water partition coefficient (Wildman–Crippen LogP) is 4.44. The molecule has 0 N–H and O–H groups in total. The number of imide groups is 1. The van der Waals surface area contributed by atoms with Crippen LogP contribution in [0.4, 0.5) is 5.69 Å². The van der Waals surface area contributed by atoms with Crippen LogP contribution in [0.5, 0.6) is 0 Å². The zero-order chi connectivity index (χ0) is 18.3. The number of halogens is 1. The summed E-state index contributed by atoms with van der Waals surface area (Å²) >= 11 is 5.96. The normalized spacial score (nSPS) is 38.1. The van der Waals surface area contributed by atoms with Gasteiger partial charge in [0.2, 0.25) is 11.8 Å². The van der Waals surface area contributed by atoms with Gasteiger partial charge in [0.05, 0.1) is 17.5 Å². The van der Waals surface area contributed by atoms with Gasteiger partial charge in [-0.25, -0.2) is 0 Å². The van der Waals surface area contributed by atoms with Crippen LogP contribution in [-0.4, -0.2) is 11.8 Å². The minimum Gasteiger partial charge on any atom is -0.274 e. The fourth-order valence-electron chi connectivity index (χ4n) is 6.19. The Morgan fingerprint density at radius 1 is 0.852 bits per heavy atom. The van der Waals surface area contributed by atoms with Crippen LogP contribution in [0.3, 0.4) is 0 Å². The number of hydrogen-bond acceptors (Lipinski definition) is 2. The summed E-state index contributed by atoms with van der Waals surface area (Å²) < 4.78 is 0. The standard InChI is InChI=1S/C23H18ClNO2/c24-14-6-8-15(9-7-14)25-21(26)19-16-10-11-17(20(19)22(25)27)23(16)12-18(23)13-4-2-1-3-5-13/h1-11,16-20H,12H2/t16-,17-,18-,19+,20+/m1/s1. The second-order valence-corrected chi connectivity index (χ2v) is 8.69. The molecule has 0 aromatic heterocycles. The van der Waals surface area contributed by atoms with Crippen molar-refractivity contribution in [2.75, 3.05) is 4.90 Å². The van der Waals surface area contributed by atoms with Gasteiger partial charge >= 0.3 is 0 Å². The Hall–Kier alpha value is -2.39. The number of nitrogens with zero attached hydrogens (tertiary/aromatic N) is 1. The molecule has 5 atom stereocenters. The highest BCUT2D eigenvalue weighted by Crippen LogP contribution is 2.79. The van der Waals surface area contributed by atoms with Gasteiger partial charge in [-0.1, -0.05) is 54.1 Å². The molecule has 2 amide bonds. The van der Waals surface area contributed by atoms with Gasteiger partial charge in [0.25, 0.3) is 0 Å². The topological polar surface area (TPSA) is 37.4 Å². The van der Waals surface area contributed by atoms with E-state index in [1.165, 1.54) is 10.5 Å². The van der Waals surface area contributed by atoms with Gasteiger partial charge in [-0.3, -0.25) is 14.5 Å². The van der Waals surface area contributed by atoms with Gasteiger partial charge < -0.3 is 0 Å². The van der Waals surface area contributed by atoms with Crippen molar-refractivity contribution in [3.05, 3.63) is 77.3 Å². The summed E-state index contributed by atoms with van der Waals surface area (Å²) in [5.74, 6) is 0.301. The molecule has 6 rings (SSSR count). The van der Waals surface area contributed by atoms with Crippen LogP contribution >= 0.6 is 11.6 Å². The molecule has 2 aromatic rings. The number of hydrogen-bond donors (Lipinski definition) is 0. The molecular weight excluding hydrogens is 358 g/mol. The summed E-state index contributed by atoms with van der Waals surface area (Å²) in [4.78, 5) is 27.9. The largest absolute Gasteiger partial charge is 0.274 e. The third-order valence-electron chi connectivity index (χ3n) is 7.27. The maximum absolute atomic E-state index is 13.3. The highest BCUT2D eigenvalue weighted by atomic mass is 35.5. The van der Waals surface area contributed by atoms with E-state index >= 15 is 0 Å². The average molecular weight is 376 g/mol. The van der Waals surface area contributed by atoms with Crippen molar-refractivity contribution >= 4 is 29.1 Å². The van der Waals surface area contributed by atoms with E-state index in [1.807, 2.05) is 6.07 Å². The summed E-state index contributed by atoms with van der Waals surface area (Å²) in [7, 11) is 0. The number of benzene rings is 2. The number of carbonyl (C=O) groups is 2. The molecule has 3 fully saturated rings. The van der Waals surface area contributed by atoms with E-state index in [1.54, 1.807) is 24.3 Å². The minimum atomic E-state index is -0.211. The molecule has 27 heavy (non-hydrogen) atoms. The first-order chi connectivity index (χ1) is 13.1. The summed E-state index contributed by atoms with van der Waals surface area (Å²) in [6.07, 6.45) is 5.50. The SMILES string of the molecule is O=C1[C@@H]2[C@@H](C(=O)N1c1ccc(Cl)cc1)[C@H]1C=C[C@H]2C12C[C@@H]2c1ccccc1. The fraction of sp³-hybridized carbons (Fsp3) is 0.304. The van der Waals surface area contributed by atoms with E-state index in [2.05, 4.69) is 36.4 Å². The molecule has 4 heteroatoms. The number of amides is 2. The van der Waals surface area contributed by atoms with Gasteiger partial charge in [-0.05, 0) is 59.4 Å². The predicted molar refractivity (Wildman–Crippen MR) is 103 cm³/mol. The number of carbonyl (C=O) groups excluding carboxylic acids is 2. The monoisotopic (exact) mass is 375 g/mol. The third kappa shape index (κ3) is 1.83. The van der Waals surface area contributed by atoms with E-state index in [0.717, 1.165) is 6.42 Å². The van der Waals surface area contributed by atoms with Gasteiger partial charge in [-0.15, -0.1) is 0 Å². The molecular formula is C23H18ClNO2. The van der Waals surface area contributed by atoms with Crippen molar-refractivity contribution in [1.29, 1.82) is 0 Å². The van der Waals surface area contributed by atoms with Crippen molar-refractivity contribution in [2.24, 2.45) is 29.1 Å². The Morgan fingerprint density at radius 2 is 1.44 bits per heavy atom. The molecule has 2 aromatic carbocycles. The Balaban J connectivity index is 1.36. The van der Waals surface area contributed by atoms with E-state index < -0.39 is 0 Å². The lowest BCUT2D eigenvalue weighted by Crippen LogP contribution is -2.35. The first-order valence-electron chi connectivity index (χ1n) is 9.49. The van der Waals surface area contributed by atoms with E-state index in [-0.39, 0.29) is 40.9 Å². The van der Waals surface area contributed by atoms with Crippen molar-refractivity contribution in [3.63, 3.8) is 0 Å². The maximum atomic E-state index is 13.3. The Bertz CT molecular complexity index is 965. The maximum Gasteiger partial charge on any atom is 0.238 e. The Morgan fingerprint density at radius 3 is 2.04 bits per heavy atom. The third-order valence-corrected chi connectivity index (χ3v) is 7.52. The fourth-order valence-corrected chi connectivity index (χ4v) is 6.31. The average Bonchev–Trinajstić information content (AvgIpc) is 3.17. The molecule has 1 aliphatic heterocycles. The van der Waals surface area contributed by atoms with E-state index in [9.17, 15) is 9.59 Å². The first-order valence-corrected chi connectivity index (χ1v) is 9.87. The smallest absolute Gasteiger partial charge is 0.238 e. The Kier molecular flexibility index (Phi) is 2.96. The van der Waals surface area contributed by atoms with Gasteiger partial charge in [0.15, 0.2) is 0 Å². The first kappa shape index (κ1) is 15.6. The molecule has 1 spiro atoms. The molecule has 1 heterocycles. The Labute approximate surface area is 162 Å². The number of allylic oxidation sites excluding steroid dienone is 2. The quantitative estimate of drug-likeness (QED) is 0.575. The molecule has 2 bridgehead atoms. The van der Waals surface area contributed by atoms with Crippen LogP contribution in [0.15, 0.2) is 66.7 Å². The summed E-state index contributed by atoms with van der Waals surface area (Å²) in [5, 5.41) is 0.599. The summed E-state index contributed by atoms with van der Waals surface area (Å²) in [5.41, 5.74) is 2.05. The molecule has 3 nitrogen and oxygen atoms in total. The molecule has 1 saturated heterocycles. The molecule has 4 aliphatic rings. The van der Waals surface area contributed by atoms with E-state index in [4.69, 9.17) is 11.6 Å². The van der Waals surface area contributed by atoms with Crippen LogP contribution in [0.25, 0.3) is 0 Å². The lowest BCUT2D eigenvalue weighted by Gasteiger charge is -2.23. The van der Waals surface area contributed by atoms with Crippen LogP contribution in [0, 0.1) is 29.1 Å².